The first kappa shape index (κ1) is 10.3. The summed E-state index contributed by atoms with van der Waals surface area (Å²) in [5.74, 6) is -4.80. The molecule has 0 aliphatic rings. The first-order valence-electron chi connectivity index (χ1n) is 2.99. The van der Waals surface area contributed by atoms with E-state index < -0.39 is 23.9 Å². The van der Waals surface area contributed by atoms with Crippen LogP contribution in [0.4, 0.5) is 8.78 Å². The van der Waals surface area contributed by atoms with Gasteiger partial charge in [0.2, 0.25) is 5.92 Å². The van der Waals surface area contributed by atoms with E-state index in [4.69, 9.17) is 10.2 Å². The van der Waals surface area contributed by atoms with Gasteiger partial charge in [0.05, 0.1) is 6.42 Å². The Morgan fingerprint density at radius 3 is 1.91 bits per heavy atom. The van der Waals surface area contributed by atoms with Crippen molar-refractivity contribution in [3.8, 4) is 0 Å². The molecule has 1 atom stereocenters. The molecule has 66 valence electrons. The van der Waals surface area contributed by atoms with E-state index in [1.807, 2.05) is 0 Å². The molecule has 0 spiro atoms. The van der Waals surface area contributed by atoms with Gasteiger partial charge in [-0.1, -0.05) is 0 Å². The minimum atomic E-state index is -3.16. The maximum Gasteiger partial charge on any atom is 0.335 e. The third-order valence-corrected chi connectivity index (χ3v) is 1.12. The molecule has 0 fully saturated rings. The summed E-state index contributed by atoms with van der Waals surface area (Å²) in [6.07, 6.45) is -1.07. The molecule has 0 aromatic heterocycles. The smallest absolute Gasteiger partial charge is 0.335 e. The Balaban J connectivity index is 4.25. The predicted molar refractivity (Wildman–Crippen MR) is 33.5 cm³/mol. The van der Waals surface area contributed by atoms with Gasteiger partial charge in [0, 0.05) is 0 Å². The van der Waals surface area contributed by atoms with Gasteiger partial charge in [-0.05, 0) is 13.8 Å². The van der Waals surface area contributed by atoms with Crippen molar-refractivity contribution in [1.82, 2.24) is 0 Å². The summed E-state index contributed by atoms with van der Waals surface area (Å²) in [5, 5.41) is 17.1. The van der Waals surface area contributed by atoms with Gasteiger partial charge < -0.3 is 10.2 Å². The number of carboxylic acids is 1. The predicted octanol–water partition coefficient (Wildman–Crippen LogP) is 0.867. The Morgan fingerprint density at radius 2 is 1.82 bits per heavy atom. The molecule has 0 bridgehead atoms. The molecule has 2 N–H and O–H groups in total. The highest BCUT2D eigenvalue weighted by Crippen LogP contribution is 2.25. The SMILES string of the molecule is CC(F)(F)CC(C)(O)C(=O)O. The lowest BCUT2D eigenvalue weighted by molar-refractivity contribution is -0.165. The van der Waals surface area contributed by atoms with Crippen LogP contribution in [0.2, 0.25) is 0 Å². The van der Waals surface area contributed by atoms with Crippen LogP contribution in [0, 0.1) is 0 Å². The molecule has 0 saturated heterocycles. The van der Waals surface area contributed by atoms with E-state index in [0.29, 0.717) is 6.92 Å². The molecule has 5 heteroatoms. The van der Waals surface area contributed by atoms with Crippen LogP contribution >= 0.6 is 0 Å². The molecule has 0 heterocycles. The molecule has 0 amide bonds. The van der Waals surface area contributed by atoms with E-state index >= 15 is 0 Å². The lowest BCUT2D eigenvalue weighted by Crippen LogP contribution is -2.39. The third kappa shape index (κ3) is 3.87. The van der Waals surface area contributed by atoms with Gasteiger partial charge in [-0.15, -0.1) is 0 Å². The van der Waals surface area contributed by atoms with E-state index in [0.717, 1.165) is 6.92 Å². The molecule has 0 aliphatic carbocycles. The van der Waals surface area contributed by atoms with Crippen LogP contribution in [0.5, 0.6) is 0 Å². The number of aliphatic hydroxyl groups is 1. The van der Waals surface area contributed by atoms with Crippen LogP contribution < -0.4 is 0 Å². The Kier molecular flexibility index (Phi) is 2.55. The quantitative estimate of drug-likeness (QED) is 0.657. The lowest BCUT2D eigenvalue weighted by Gasteiger charge is -2.21. The molecular weight excluding hydrogens is 158 g/mol. The standard InChI is InChI=1S/C6H10F2O3/c1-5(11,4(9)10)3-6(2,7)8/h11H,3H2,1-2H3,(H,9,10). The normalized spacial score (nSPS) is 17.5. The second kappa shape index (κ2) is 2.73. The van der Waals surface area contributed by atoms with Crippen molar-refractivity contribution in [3.63, 3.8) is 0 Å². The van der Waals surface area contributed by atoms with Crippen molar-refractivity contribution in [2.45, 2.75) is 31.8 Å². The van der Waals surface area contributed by atoms with Crippen LogP contribution in [-0.4, -0.2) is 27.7 Å². The largest absolute Gasteiger partial charge is 0.479 e. The zero-order valence-corrected chi connectivity index (χ0v) is 6.27. The zero-order chi connectivity index (χ0) is 9.28. The lowest BCUT2D eigenvalue weighted by atomic mass is 9.99. The first-order valence-corrected chi connectivity index (χ1v) is 2.99. The van der Waals surface area contributed by atoms with Crippen LogP contribution in [0.3, 0.4) is 0 Å². The van der Waals surface area contributed by atoms with Gasteiger partial charge in [-0.2, -0.15) is 0 Å². The Labute approximate surface area is 62.6 Å². The highest BCUT2D eigenvalue weighted by molar-refractivity contribution is 5.76. The van der Waals surface area contributed by atoms with Crippen molar-refractivity contribution in [3.05, 3.63) is 0 Å². The number of carboxylic acid groups (broad SMARTS) is 1. The molecule has 0 aliphatic heterocycles. The van der Waals surface area contributed by atoms with Crippen molar-refractivity contribution in [2.24, 2.45) is 0 Å². The molecule has 1 unspecified atom stereocenters. The monoisotopic (exact) mass is 168 g/mol. The average molecular weight is 168 g/mol. The molecular formula is C6H10F2O3. The van der Waals surface area contributed by atoms with Crippen molar-refractivity contribution in [2.75, 3.05) is 0 Å². The molecule has 3 nitrogen and oxygen atoms in total. The Morgan fingerprint density at radius 1 is 1.45 bits per heavy atom. The summed E-state index contributed by atoms with van der Waals surface area (Å²) in [6.45, 7) is 1.40. The van der Waals surface area contributed by atoms with E-state index in [-0.39, 0.29) is 0 Å². The summed E-state index contributed by atoms with van der Waals surface area (Å²) in [5.41, 5.74) is -2.35. The highest BCUT2D eigenvalue weighted by atomic mass is 19.3. The van der Waals surface area contributed by atoms with Crippen LogP contribution in [0.1, 0.15) is 20.3 Å². The number of halogens is 2. The topological polar surface area (TPSA) is 57.5 Å². The molecule has 0 aromatic carbocycles. The van der Waals surface area contributed by atoms with E-state index in [9.17, 15) is 13.6 Å². The fourth-order valence-electron chi connectivity index (χ4n) is 0.680. The Hall–Kier alpha value is -0.710. The number of hydrogen-bond acceptors (Lipinski definition) is 2. The third-order valence-electron chi connectivity index (χ3n) is 1.12. The molecule has 11 heavy (non-hydrogen) atoms. The van der Waals surface area contributed by atoms with E-state index in [2.05, 4.69) is 0 Å². The van der Waals surface area contributed by atoms with Crippen LogP contribution in [0.25, 0.3) is 0 Å². The van der Waals surface area contributed by atoms with E-state index in [1.54, 1.807) is 0 Å². The molecule has 0 saturated carbocycles. The highest BCUT2D eigenvalue weighted by Gasteiger charge is 2.39. The van der Waals surface area contributed by atoms with Gasteiger partial charge in [-0.3, -0.25) is 0 Å². The summed E-state index contributed by atoms with van der Waals surface area (Å²) in [6, 6.07) is 0. The number of rotatable bonds is 3. The maximum absolute atomic E-state index is 12.2. The van der Waals surface area contributed by atoms with Gasteiger partial charge in [0.15, 0.2) is 5.60 Å². The number of aliphatic carboxylic acids is 1. The minimum absolute atomic E-state index is 0.560. The first-order chi connectivity index (χ1) is 4.65. The molecule has 0 rings (SSSR count). The summed E-state index contributed by atoms with van der Waals surface area (Å²) < 4.78 is 24.3. The number of alkyl halides is 2. The zero-order valence-electron chi connectivity index (χ0n) is 6.27. The van der Waals surface area contributed by atoms with E-state index in [1.165, 1.54) is 0 Å². The van der Waals surface area contributed by atoms with Crippen molar-refractivity contribution < 1.29 is 23.8 Å². The van der Waals surface area contributed by atoms with Gasteiger partial charge in [0.1, 0.15) is 0 Å². The van der Waals surface area contributed by atoms with Crippen molar-refractivity contribution in [1.29, 1.82) is 0 Å². The van der Waals surface area contributed by atoms with Crippen molar-refractivity contribution >= 4 is 5.97 Å². The molecule has 0 radical (unpaired) electrons. The maximum atomic E-state index is 12.2. The second-order valence-corrected chi connectivity index (χ2v) is 2.83. The van der Waals surface area contributed by atoms with Gasteiger partial charge in [-0.25, -0.2) is 13.6 Å². The second-order valence-electron chi connectivity index (χ2n) is 2.83. The number of carbonyl (C=O) groups is 1. The summed E-state index contributed by atoms with van der Waals surface area (Å²) in [4.78, 5) is 10.1. The van der Waals surface area contributed by atoms with Crippen LogP contribution in [-0.2, 0) is 4.79 Å². The van der Waals surface area contributed by atoms with Gasteiger partial charge in [0.25, 0.3) is 0 Å². The summed E-state index contributed by atoms with van der Waals surface area (Å²) in [7, 11) is 0. The summed E-state index contributed by atoms with van der Waals surface area (Å²) >= 11 is 0. The molecule has 0 aromatic rings. The number of hydrogen-bond donors (Lipinski definition) is 2. The minimum Gasteiger partial charge on any atom is -0.479 e. The Bertz CT molecular complexity index is 160. The van der Waals surface area contributed by atoms with Crippen LogP contribution in [0.15, 0.2) is 0 Å². The fourth-order valence-corrected chi connectivity index (χ4v) is 0.680. The van der Waals surface area contributed by atoms with Gasteiger partial charge >= 0.3 is 5.97 Å². The fraction of sp³-hybridized carbons (Fsp3) is 0.833. The average Bonchev–Trinajstić information content (AvgIpc) is 1.56.